The molecule has 2 rings (SSSR count). The normalized spacial score (nSPS) is 11.4. The number of nitrogen functional groups attached to an aromatic ring is 1. The molecule has 1 aromatic carbocycles. The topological polar surface area (TPSA) is 116 Å². The van der Waals surface area contributed by atoms with Crippen LogP contribution in [0.4, 0.5) is 11.4 Å². The second-order valence-electron chi connectivity index (χ2n) is 4.31. The first-order valence-electron chi connectivity index (χ1n) is 6.11. The molecule has 20 heavy (non-hydrogen) atoms. The molecule has 0 saturated heterocycles. The number of rotatable bonds is 6. The summed E-state index contributed by atoms with van der Waals surface area (Å²) < 4.78 is 24.5. The summed E-state index contributed by atoms with van der Waals surface area (Å²) in [6.45, 7) is 1.42. The second-order valence-corrected chi connectivity index (χ2v) is 5.84. The highest BCUT2D eigenvalue weighted by Crippen LogP contribution is 2.25. The van der Waals surface area contributed by atoms with Crippen LogP contribution in [0.15, 0.2) is 41.6 Å². The van der Waals surface area contributed by atoms with Crippen molar-refractivity contribution in [2.24, 2.45) is 5.14 Å². The molecule has 7 nitrogen and oxygen atoms in total. The van der Waals surface area contributed by atoms with Crippen LogP contribution >= 0.6 is 0 Å². The monoisotopic (exact) mass is 295 g/mol. The van der Waals surface area contributed by atoms with E-state index in [-0.39, 0.29) is 10.6 Å². The van der Waals surface area contributed by atoms with Crippen LogP contribution in [0.5, 0.6) is 0 Å². The van der Waals surface area contributed by atoms with Gasteiger partial charge in [-0.3, -0.25) is 4.68 Å². The molecule has 0 amide bonds. The van der Waals surface area contributed by atoms with E-state index in [0.29, 0.717) is 12.2 Å². The molecule has 0 radical (unpaired) electrons. The van der Waals surface area contributed by atoms with Crippen LogP contribution in [0.25, 0.3) is 0 Å². The maximum absolute atomic E-state index is 11.3. The first-order chi connectivity index (χ1) is 9.48. The molecule has 0 fully saturated rings. The Hall–Kier alpha value is -2.06. The van der Waals surface area contributed by atoms with Gasteiger partial charge in [-0.25, -0.2) is 13.6 Å². The zero-order chi connectivity index (χ0) is 14.6. The second kappa shape index (κ2) is 5.93. The summed E-state index contributed by atoms with van der Waals surface area (Å²) in [7, 11) is -3.80. The number of nitrogens with zero attached hydrogens (tertiary/aromatic N) is 2. The average molecular weight is 295 g/mol. The summed E-state index contributed by atoms with van der Waals surface area (Å²) in [5.74, 6) is 0. The van der Waals surface area contributed by atoms with Crippen LogP contribution in [-0.2, 0) is 16.6 Å². The van der Waals surface area contributed by atoms with Crippen LogP contribution in [0.1, 0.15) is 6.42 Å². The van der Waals surface area contributed by atoms with Crippen molar-refractivity contribution >= 4 is 21.4 Å². The molecular weight excluding hydrogens is 278 g/mol. The molecule has 0 bridgehead atoms. The first kappa shape index (κ1) is 14.4. The SMILES string of the molecule is Nc1c(NCCCn2cccn2)cccc1S(N)(=O)=O. The highest BCUT2D eigenvalue weighted by Gasteiger charge is 2.14. The lowest BCUT2D eigenvalue weighted by molar-refractivity contribution is 0.591. The van der Waals surface area contributed by atoms with E-state index >= 15 is 0 Å². The number of hydrogen-bond acceptors (Lipinski definition) is 5. The summed E-state index contributed by atoms with van der Waals surface area (Å²) >= 11 is 0. The van der Waals surface area contributed by atoms with Gasteiger partial charge in [-0.1, -0.05) is 6.07 Å². The molecular formula is C12H17N5O2S. The Bertz CT molecular complexity index is 667. The minimum Gasteiger partial charge on any atom is -0.396 e. The fourth-order valence-electron chi connectivity index (χ4n) is 1.84. The van der Waals surface area contributed by atoms with E-state index in [1.807, 2.05) is 16.9 Å². The largest absolute Gasteiger partial charge is 0.396 e. The smallest absolute Gasteiger partial charge is 0.240 e. The van der Waals surface area contributed by atoms with E-state index in [4.69, 9.17) is 10.9 Å². The fraction of sp³-hybridized carbons (Fsp3) is 0.250. The van der Waals surface area contributed by atoms with Crippen LogP contribution in [0.3, 0.4) is 0 Å². The quantitative estimate of drug-likeness (QED) is 0.533. The van der Waals surface area contributed by atoms with Gasteiger partial charge in [0, 0.05) is 25.5 Å². The molecule has 0 atom stereocenters. The van der Waals surface area contributed by atoms with Crippen molar-refractivity contribution < 1.29 is 8.42 Å². The predicted octanol–water partition coefficient (Wildman–Crippen LogP) is 0.615. The number of aromatic nitrogens is 2. The third-order valence-electron chi connectivity index (χ3n) is 2.81. The number of anilines is 2. The summed E-state index contributed by atoms with van der Waals surface area (Å²) in [4.78, 5) is -0.0606. The molecule has 1 heterocycles. The van der Waals surface area contributed by atoms with Crippen LogP contribution in [-0.4, -0.2) is 24.7 Å². The van der Waals surface area contributed by atoms with Gasteiger partial charge in [-0.2, -0.15) is 5.10 Å². The number of nitrogens with two attached hydrogens (primary N) is 2. The number of aryl methyl sites for hydroxylation is 1. The molecule has 0 aliphatic carbocycles. The van der Waals surface area contributed by atoms with Gasteiger partial charge in [0.2, 0.25) is 10.0 Å². The van der Waals surface area contributed by atoms with Crippen LogP contribution in [0, 0.1) is 0 Å². The van der Waals surface area contributed by atoms with E-state index in [1.54, 1.807) is 18.3 Å². The van der Waals surface area contributed by atoms with Gasteiger partial charge in [0.1, 0.15) is 4.90 Å². The standard InChI is InChI=1S/C12H17N5O2S/c13-12-10(4-1-5-11(12)20(14,18)19)15-6-2-8-17-9-3-7-16-17/h1,3-5,7,9,15H,2,6,8,13H2,(H2,14,18,19). The molecule has 2 aromatic rings. The summed E-state index contributed by atoms with van der Waals surface area (Å²) in [5, 5.41) is 12.3. The van der Waals surface area contributed by atoms with E-state index in [0.717, 1.165) is 13.0 Å². The molecule has 0 aliphatic heterocycles. The Morgan fingerprint density at radius 1 is 1.30 bits per heavy atom. The highest BCUT2D eigenvalue weighted by molar-refractivity contribution is 7.89. The van der Waals surface area contributed by atoms with Gasteiger partial charge < -0.3 is 11.1 Å². The van der Waals surface area contributed by atoms with Crippen molar-refractivity contribution in [2.75, 3.05) is 17.6 Å². The van der Waals surface area contributed by atoms with E-state index in [1.165, 1.54) is 6.07 Å². The van der Waals surface area contributed by atoms with E-state index in [2.05, 4.69) is 10.4 Å². The molecule has 5 N–H and O–H groups in total. The average Bonchev–Trinajstić information content (AvgIpc) is 2.88. The van der Waals surface area contributed by atoms with Crippen molar-refractivity contribution in [3.8, 4) is 0 Å². The van der Waals surface area contributed by atoms with Gasteiger partial charge in [-0.05, 0) is 24.6 Å². The molecule has 0 saturated carbocycles. The Kier molecular flexibility index (Phi) is 4.26. The Balaban J connectivity index is 1.96. The lowest BCUT2D eigenvalue weighted by Gasteiger charge is -2.11. The fourth-order valence-corrected chi connectivity index (χ4v) is 2.53. The Morgan fingerprint density at radius 2 is 2.10 bits per heavy atom. The van der Waals surface area contributed by atoms with Gasteiger partial charge in [-0.15, -0.1) is 0 Å². The Morgan fingerprint density at radius 3 is 2.75 bits per heavy atom. The summed E-state index contributed by atoms with van der Waals surface area (Å²) in [6, 6.07) is 6.57. The number of sulfonamides is 1. The molecule has 0 unspecified atom stereocenters. The minimum absolute atomic E-state index is 0.0606. The third kappa shape index (κ3) is 3.49. The van der Waals surface area contributed by atoms with Gasteiger partial charge >= 0.3 is 0 Å². The van der Waals surface area contributed by atoms with Crippen molar-refractivity contribution in [3.63, 3.8) is 0 Å². The molecule has 0 spiro atoms. The maximum Gasteiger partial charge on any atom is 0.240 e. The number of hydrogen-bond donors (Lipinski definition) is 3. The highest BCUT2D eigenvalue weighted by atomic mass is 32.2. The predicted molar refractivity (Wildman–Crippen MR) is 77.6 cm³/mol. The lowest BCUT2D eigenvalue weighted by atomic mass is 10.2. The summed E-state index contributed by atoms with van der Waals surface area (Å²) in [5.41, 5.74) is 6.52. The Labute approximate surface area is 117 Å². The molecule has 108 valence electrons. The van der Waals surface area contributed by atoms with E-state index in [9.17, 15) is 8.42 Å². The molecule has 1 aromatic heterocycles. The van der Waals surface area contributed by atoms with Crippen LogP contribution in [0.2, 0.25) is 0 Å². The van der Waals surface area contributed by atoms with Crippen molar-refractivity contribution in [1.82, 2.24) is 9.78 Å². The van der Waals surface area contributed by atoms with Crippen molar-refractivity contribution in [3.05, 3.63) is 36.7 Å². The molecule has 8 heteroatoms. The first-order valence-corrected chi connectivity index (χ1v) is 7.66. The zero-order valence-corrected chi connectivity index (χ0v) is 11.7. The van der Waals surface area contributed by atoms with Crippen molar-refractivity contribution in [2.45, 2.75) is 17.9 Å². The minimum atomic E-state index is -3.80. The van der Waals surface area contributed by atoms with E-state index < -0.39 is 10.0 Å². The third-order valence-corrected chi connectivity index (χ3v) is 3.78. The zero-order valence-electron chi connectivity index (χ0n) is 10.9. The summed E-state index contributed by atoms with van der Waals surface area (Å²) in [6.07, 6.45) is 4.44. The lowest BCUT2D eigenvalue weighted by Crippen LogP contribution is -2.16. The van der Waals surface area contributed by atoms with Crippen molar-refractivity contribution in [1.29, 1.82) is 0 Å². The van der Waals surface area contributed by atoms with Gasteiger partial charge in [0.05, 0.1) is 11.4 Å². The number of benzene rings is 1. The van der Waals surface area contributed by atoms with Crippen LogP contribution < -0.4 is 16.2 Å². The number of para-hydroxylation sites is 1. The number of nitrogens with one attached hydrogen (secondary N) is 1. The maximum atomic E-state index is 11.3. The molecule has 0 aliphatic rings. The van der Waals surface area contributed by atoms with Gasteiger partial charge in [0.25, 0.3) is 0 Å². The number of primary sulfonamides is 1. The van der Waals surface area contributed by atoms with Gasteiger partial charge in [0.15, 0.2) is 0 Å².